The van der Waals surface area contributed by atoms with E-state index < -0.39 is 17.7 Å². The molecule has 0 aromatic heterocycles. The van der Waals surface area contributed by atoms with Gasteiger partial charge in [-0.15, -0.1) is 0 Å². The van der Waals surface area contributed by atoms with Crippen LogP contribution in [0, 0.1) is 0 Å². The number of hydrogen-bond acceptors (Lipinski definition) is 3. The van der Waals surface area contributed by atoms with E-state index in [9.17, 15) is 9.59 Å². The number of carboxylic acid groups (broad SMARTS) is 1. The summed E-state index contributed by atoms with van der Waals surface area (Å²) in [7, 11) is 0. The molecule has 0 bridgehead atoms. The highest BCUT2D eigenvalue weighted by atomic mass is 16.6. The van der Waals surface area contributed by atoms with Gasteiger partial charge in [0.1, 0.15) is 5.60 Å². The third-order valence-electron chi connectivity index (χ3n) is 3.66. The Bertz CT molecular complexity index is 655. The molecule has 0 saturated heterocycles. The molecular formula is C18H23NO4. The van der Waals surface area contributed by atoms with Gasteiger partial charge in [0.05, 0.1) is 6.04 Å². The van der Waals surface area contributed by atoms with Gasteiger partial charge in [0.25, 0.3) is 0 Å². The van der Waals surface area contributed by atoms with E-state index in [-0.39, 0.29) is 6.04 Å². The molecule has 2 rings (SSSR count). The highest BCUT2D eigenvalue weighted by Crippen LogP contribution is 2.32. The van der Waals surface area contributed by atoms with Crippen molar-refractivity contribution in [2.24, 2.45) is 0 Å². The van der Waals surface area contributed by atoms with E-state index in [1.165, 1.54) is 0 Å². The average molecular weight is 317 g/mol. The molecule has 5 nitrogen and oxygen atoms in total. The second-order valence-electron chi connectivity index (χ2n) is 6.83. The van der Waals surface area contributed by atoms with E-state index >= 15 is 0 Å². The molecule has 1 aliphatic carbocycles. The maximum atomic E-state index is 11.9. The number of hydrogen-bond donors (Lipinski definition) is 2. The van der Waals surface area contributed by atoms with Crippen LogP contribution in [-0.2, 0) is 16.0 Å². The molecule has 124 valence electrons. The van der Waals surface area contributed by atoms with Crippen molar-refractivity contribution >= 4 is 18.1 Å². The van der Waals surface area contributed by atoms with E-state index in [4.69, 9.17) is 9.84 Å². The molecule has 5 heteroatoms. The fourth-order valence-corrected chi connectivity index (χ4v) is 2.64. The fourth-order valence-electron chi connectivity index (χ4n) is 2.64. The lowest BCUT2D eigenvalue weighted by molar-refractivity contribution is -0.132. The maximum Gasteiger partial charge on any atom is 0.408 e. The lowest BCUT2D eigenvalue weighted by atomic mass is 10.0. The second-order valence-corrected chi connectivity index (χ2v) is 6.83. The molecule has 23 heavy (non-hydrogen) atoms. The first-order valence-electron chi connectivity index (χ1n) is 7.69. The number of aliphatic carboxylic acids is 1. The van der Waals surface area contributed by atoms with E-state index in [1.54, 1.807) is 13.0 Å². The van der Waals surface area contributed by atoms with Crippen LogP contribution in [0.2, 0.25) is 0 Å². The van der Waals surface area contributed by atoms with Crippen molar-refractivity contribution < 1.29 is 19.4 Å². The number of carbonyl (C=O) groups excluding carboxylic acids is 1. The summed E-state index contributed by atoms with van der Waals surface area (Å²) in [6.45, 7) is 7.07. The van der Waals surface area contributed by atoms with Crippen molar-refractivity contribution in [2.45, 2.75) is 52.2 Å². The van der Waals surface area contributed by atoms with Gasteiger partial charge in [0.2, 0.25) is 0 Å². The Morgan fingerprint density at radius 1 is 1.35 bits per heavy atom. The SMILES string of the molecule is CC(=Cc1ccc2c(c1)CCC2NC(=O)OC(C)(C)C)C(=O)O. The predicted octanol–water partition coefficient (Wildman–Crippen LogP) is 3.69. The number of aryl methyl sites for hydroxylation is 1. The quantitative estimate of drug-likeness (QED) is 0.834. The minimum absolute atomic E-state index is 0.0570. The number of rotatable bonds is 3. The van der Waals surface area contributed by atoms with Crippen molar-refractivity contribution in [3.05, 3.63) is 40.5 Å². The Morgan fingerprint density at radius 2 is 2.04 bits per heavy atom. The molecule has 0 heterocycles. The van der Waals surface area contributed by atoms with Crippen molar-refractivity contribution in [3.8, 4) is 0 Å². The Balaban J connectivity index is 2.11. The predicted molar refractivity (Wildman–Crippen MR) is 88.2 cm³/mol. The second kappa shape index (κ2) is 6.44. The average Bonchev–Trinajstić information content (AvgIpc) is 2.78. The molecule has 0 radical (unpaired) electrons. The van der Waals surface area contributed by atoms with Crippen LogP contribution in [0.3, 0.4) is 0 Å². The first-order chi connectivity index (χ1) is 10.7. The summed E-state index contributed by atoms with van der Waals surface area (Å²) in [5, 5.41) is 11.8. The van der Waals surface area contributed by atoms with Crippen LogP contribution in [0.5, 0.6) is 0 Å². The van der Waals surface area contributed by atoms with Gasteiger partial charge in [0, 0.05) is 5.57 Å². The fraction of sp³-hybridized carbons (Fsp3) is 0.444. The normalized spacial score (nSPS) is 17.6. The highest BCUT2D eigenvalue weighted by Gasteiger charge is 2.26. The van der Waals surface area contributed by atoms with Crippen LogP contribution < -0.4 is 5.32 Å². The van der Waals surface area contributed by atoms with E-state index in [2.05, 4.69) is 5.32 Å². The number of carbonyl (C=O) groups is 2. The van der Waals surface area contributed by atoms with Gasteiger partial charge in [-0.1, -0.05) is 18.2 Å². The zero-order valence-corrected chi connectivity index (χ0v) is 14.0. The van der Waals surface area contributed by atoms with Gasteiger partial charge < -0.3 is 15.2 Å². The third-order valence-corrected chi connectivity index (χ3v) is 3.66. The Kier molecular flexibility index (Phi) is 4.78. The van der Waals surface area contributed by atoms with Gasteiger partial charge in [0.15, 0.2) is 0 Å². The Morgan fingerprint density at radius 3 is 2.65 bits per heavy atom. The van der Waals surface area contributed by atoms with Crippen LogP contribution >= 0.6 is 0 Å². The minimum atomic E-state index is -0.921. The highest BCUT2D eigenvalue weighted by molar-refractivity contribution is 5.91. The largest absolute Gasteiger partial charge is 0.478 e. The molecular weight excluding hydrogens is 294 g/mol. The van der Waals surface area contributed by atoms with Gasteiger partial charge in [-0.2, -0.15) is 0 Å². The van der Waals surface area contributed by atoms with E-state index in [0.717, 1.165) is 29.5 Å². The third kappa shape index (κ3) is 4.58. The number of ether oxygens (including phenoxy) is 1. The smallest absolute Gasteiger partial charge is 0.408 e. The lowest BCUT2D eigenvalue weighted by Gasteiger charge is -2.22. The summed E-state index contributed by atoms with van der Waals surface area (Å²) in [6, 6.07) is 5.75. The number of amides is 1. The molecule has 1 unspecified atom stereocenters. The molecule has 1 aromatic rings. The summed E-state index contributed by atoms with van der Waals surface area (Å²) in [5.41, 5.74) is 2.85. The summed E-state index contributed by atoms with van der Waals surface area (Å²) >= 11 is 0. The van der Waals surface area contributed by atoms with Crippen LogP contribution in [0.4, 0.5) is 4.79 Å². The summed E-state index contributed by atoms with van der Waals surface area (Å²) < 4.78 is 5.29. The summed E-state index contributed by atoms with van der Waals surface area (Å²) in [5.74, 6) is -0.921. The zero-order valence-electron chi connectivity index (χ0n) is 14.0. The van der Waals surface area contributed by atoms with Crippen LogP contribution in [0.15, 0.2) is 23.8 Å². The topological polar surface area (TPSA) is 75.6 Å². The lowest BCUT2D eigenvalue weighted by Crippen LogP contribution is -2.34. The molecule has 0 saturated carbocycles. The first kappa shape index (κ1) is 17.1. The van der Waals surface area contributed by atoms with Crippen molar-refractivity contribution in [2.75, 3.05) is 0 Å². The summed E-state index contributed by atoms with van der Waals surface area (Å²) in [6.07, 6.45) is 2.90. The molecule has 1 aromatic carbocycles. The standard InChI is InChI=1S/C18H23NO4/c1-11(16(20)21)9-12-5-7-14-13(10-12)6-8-15(14)19-17(22)23-18(2,3)4/h5,7,9-10,15H,6,8H2,1-4H3,(H,19,22)(H,20,21). The Labute approximate surface area is 136 Å². The molecule has 0 fully saturated rings. The molecule has 1 amide bonds. The number of alkyl carbamates (subject to hydrolysis) is 1. The van der Waals surface area contributed by atoms with E-state index in [0.29, 0.717) is 5.57 Å². The Hall–Kier alpha value is -2.30. The number of benzene rings is 1. The van der Waals surface area contributed by atoms with Gasteiger partial charge in [-0.25, -0.2) is 9.59 Å². The molecule has 0 aliphatic heterocycles. The van der Waals surface area contributed by atoms with Gasteiger partial charge in [-0.3, -0.25) is 0 Å². The van der Waals surface area contributed by atoms with Crippen LogP contribution in [0.25, 0.3) is 6.08 Å². The van der Waals surface area contributed by atoms with Crippen LogP contribution in [-0.4, -0.2) is 22.8 Å². The number of fused-ring (bicyclic) bond motifs is 1. The number of carboxylic acids is 1. The van der Waals surface area contributed by atoms with Crippen molar-refractivity contribution in [1.82, 2.24) is 5.32 Å². The van der Waals surface area contributed by atoms with Crippen molar-refractivity contribution in [3.63, 3.8) is 0 Å². The number of nitrogens with one attached hydrogen (secondary N) is 1. The molecule has 2 N–H and O–H groups in total. The first-order valence-corrected chi connectivity index (χ1v) is 7.69. The molecule has 0 spiro atoms. The maximum absolute atomic E-state index is 11.9. The van der Waals surface area contributed by atoms with Gasteiger partial charge in [-0.05, 0) is 63.3 Å². The molecule has 1 aliphatic rings. The van der Waals surface area contributed by atoms with E-state index in [1.807, 2.05) is 39.0 Å². The molecule has 1 atom stereocenters. The zero-order chi connectivity index (χ0) is 17.2. The van der Waals surface area contributed by atoms with Gasteiger partial charge >= 0.3 is 12.1 Å². The summed E-state index contributed by atoms with van der Waals surface area (Å²) in [4.78, 5) is 22.8. The monoisotopic (exact) mass is 317 g/mol. The minimum Gasteiger partial charge on any atom is -0.478 e. The van der Waals surface area contributed by atoms with Crippen molar-refractivity contribution in [1.29, 1.82) is 0 Å². The van der Waals surface area contributed by atoms with Crippen LogP contribution in [0.1, 0.15) is 56.8 Å².